The first-order chi connectivity index (χ1) is 9.65. The van der Waals surface area contributed by atoms with Crippen LogP contribution in [-0.4, -0.2) is 24.4 Å². The lowest BCUT2D eigenvalue weighted by Gasteiger charge is -2.55. The quantitative estimate of drug-likeness (QED) is 0.906. The van der Waals surface area contributed by atoms with E-state index in [1.54, 1.807) is 7.11 Å². The molecule has 1 aromatic carbocycles. The Labute approximate surface area is 128 Å². The third kappa shape index (κ3) is 2.33. The smallest absolute Gasteiger partial charge is 0.134 e. The van der Waals surface area contributed by atoms with E-state index in [1.807, 2.05) is 18.2 Å². The molecule has 0 saturated heterocycles. The Hall–Kier alpha value is -0.740. The van der Waals surface area contributed by atoms with Gasteiger partial charge in [0.2, 0.25) is 0 Å². The van der Waals surface area contributed by atoms with Gasteiger partial charge in [0.05, 0.1) is 17.7 Å². The van der Waals surface area contributed by atoms with Gasteiger partial charge in [-0.05, 0) is 47.0 Å². The molecule has 1 N–H and O–H groups in total. The molecule has 0 aliphatic heterocycles. The molecule has 2 unspecified atom stereocenters. The Morgan fingerprint density at radius 2 is 2.00 bits per heavy atom. The number of methoxy groups -OCH3 is 1. The maximum atomic E-state index is 10.2. The van der Waals surface area contributed by atoms with Gasteiger partial charge in [-0.3, -0.25) is 0 Å². The van der Waals surface area contributed by atoms with Crippen LogP contribution in [0.3, 0.4) is 0 Å². The van der Waals surface area contributed by atoms with Crippen LogP contribution >= 0.6 is 15.9 Å². The normalized spacial score (nSPS) is 27.9. The monoisotopic (exact) mass is 340 g/mol. The number of halogens is 1. The van der Waals surface area contributed by atoms with Crippen molar-refractivity contribution in [3.63, 3.8) is 0 Å². The number of rotatable bonds is 3. The summed E-state index contributed by atoms with van der Waals surface area (Å²) in [6.45, 7) is 0. The zero-order valence-corrected chi connectivity index (χ0v) is 13.4. The molecule has 2 aliphatic carbocycles. The van der Waals surface area contributed by atoms with Crippen LogP contribution in [0.2, 0.25) is 0 Å². The topological polar surface area (TPSA) is 38.7 Å². The van der Waals surface area contributed by atoms with Gasteiger partial charge in [-0.1, -0.05) is 19.3 Å². The average molecular weight is 341 g/mol. The second-order valence-electron chi connectivity index (χ2n) is 5.95. The van der Waals surface area contributed by atoms with E-state index < -0.39 is 0 Å². The Kier molecular flexibility index (Phi) is 3.95. The van der Waals surface area contributed by atoms with E-state index in [2.05, 4.69) is 15.9 Å². The minimum absolute atomic E-state index is 0.00236. The van der Waals surface area contributed by atoms with E-state index >= 15 is 0 Å². The van der Waals surface area contributed by atoms with Crippen molar-refractivity contribution >= 4 is 15.9 Å². The largest absolute Gasteiger partial charge is 0.497 e. The summed E-state index contributed by atoms with van der Waals surface area (Å²) in [5, 5.41) is 10.2. The summed E-state index contributed by atoms with van der Waals surface area (Å²) in [4.78, 5) is 0. The first kappa shape index (κ1) is 14.2. The summed E-state index contributed by atoms with van der Waals surface area (Å²) in [5.41, 5.74) is -0.00236. The van der Waals surface area contributed by atoms with E-state index in [4.69, 9.17) is 9.47 Å². The molecule has 2 saturated carbocycles. The molecule has 0 heterocycles. The highest BCUT2D eigenvalue weighted by molar-refractivity contribution is 9.10. The third-order valence-corrected chi connectivity index (χ3v) is 5.55. The van der Waals surface area contributed by atoms with Crippen LogP contribution in [0.15, 0.2) is 22.7 Å². The molecule has 110 valence electrons. The van der Waals surface area contributed by atoms with Crippen molar-refractivity contribution in [3.8, 4) is 11.5 Å². The lowest BCUT2D eigenvalue weighted by atomic mass is 9.56. The van der Waals surface area contributed by atoms with Crippen molar-refractivity contribution in [3.05, 3.63) is 22.7 Å². The van der Waals surface area contributed by atoms with Gasteiger partial charge in [-0.15, -0.1) is 0 Å². The lowest BCUT2D eigenvalue weighted by Crippen LogP contribution is -2.60. The summed E-state index contributed by atoms with van der Waals surface area (Å²) in [7, 11) is 1.65. The lowest BCUT2D eigenvalue weighted by molar-refractivity contribution is -0.172. The second kappa shape index (κ2) is 5.57. The molecule has 3 nitrogen and oxygen atoms in total. The highest BCUT2D eigenvalue weighted by Gasteiger charge is 2.56. The molecular formula is C16H21BrO3. The second-order valence-corrected chi connectivity index (χ2v) is 6.80. The minimum atomic E-state index is -0.190. The molecule has 2 fully saturated rings. The molecule has 1 aromatic rings. The standard InChI is InChI=1S/C16H21BrO3/c1-19-11-5-6-13(12(17)9-11)20-15-10-14(18)16(15)7-3-2-4-8-16/h5-6,9,14-15,18H,2-4,7-8,10H2,1H3. The number of benzene rings is 1. The van der Waals surface area contributed by atoms with Crippen LogP contribution in [0.1, 0.15) is 38.5 Å². The van der Waals surface area contributed by atoms with Crippen LogP contribution in [0.4, 0.5) is 0 Å². The maximum Gasteiger partial charge on any atom is 0.134 e. The Balaban J connectivity index is 1.74. The SMILES string of the molecule is COc1ccc(OC2CC(O)C23CCCCC3)c(Br)c1. The van der Waals surface area contributed by atoms with E-state index in [1.165, 1.54) is 19.3 Å². The Bertz CT molecular complexity index is 483. The molecule has 0 bridgehead atoms. The number of hydrogen-bond acceptors (Lipinski definition) is 3. The zero-order valence-electron chi connectivity index (χ0n) is 11.8. The highest BCUT2D eigenvalue weighted by atomic mass is 79.9. The Morgan fingerprint density at radius 3 is 2.60 bits per heavy atom. The van der Waals surface area contributed by atoms with Crippen molar-refractivity contribution in [1.82, 2.24) is 0 Å². The van der Waals surface area contributed by atoms with Gasteiger partial charge < -0.3 is 14.6 Å². The van der Waals surface area contributed by atoms with E-state index in [0.717, 1.165) is 35.2 Å². The molecule has 0 amide bonds. The van der Waals surface area contributed by atoms with Crippen molar-refractivity contribution < 1.29 is 14.6 Å². The van der Waals surface area contributed by atoms with Gasteiger partial charge in [0.1, 0.15) is 17.6 Å². The molecule has 20 heavy (non-hydrogen) atoms. The van der Waals surface area contributed by atoms with Gasteiger partial charge in [0, 0.05) is 11.8 Å². The van der Waals surface area contributed by atoms with Crippen molar-refractivity contribution in [2.45, 2.75) is 50.7 Å². The molecule has 1 spiro atoms. The summed E-state index contributed by atoms with van der Waals surface area (Å²) >= 11 is 3.53. The number of aliphatic hydroxyl groups is 1. The van der Waals surface area contributed by atoms with Crippen LogP contribution in [-0.2, 0) is 0 Å². The van der Waals surface area contributed by atoms with Gasteiger partial charge in [-0.25, -0.2) is 0 Å². The van der Waals surface area contributed by atoms with Crippen LogP contribution < -0.4 is 9.47 Å². The minimum Gasteiger partial charge on any atom is -0.497 e. The van der Waals surface area contributed by atoms with Gasteiger partial charge in [0.25, 0.3) is 0 Å². The molecule has 0 aromatic heterocycles. The maximum absolute atomic E-state index is 10.2. The predicted octanol–water partition coefficient (Wildman–Crippen LogP) is 3.92. The van der Waals surface area contributed by atoms with Crippen LogP contribution in [0.25, 0.3) is 0 Å². The fourth-order valence-electron chi connectivity index (χ4n) is 3.61. The molecule has 0 radical (unpaired) electrons. The fraction of sp³-hybridized carbons (Fsp3) is 0.625. The zero-order chi connectivity index (χ0) is 14.2. The molecular weight excluding hydrogens is 320 g/mol. The summed E-state index contributed by atoms with van der Waals surface area (Å²) in [6, 6.07) is 5.75. The van der Waals surface area contributed by atoms with Crippen LogP contribution in [0.5, 0.6) is 11.5 Å². The van der Waals surface area contributed by atoms with Gasteiger partial charge in [-0.2, -0.15) is 0 Å². The molecule has 4 heteroatoms. The summed E-state index contributed by atoms with van der Waals surface area (Å²) < 4.78 is 12.3. The van der Waals surface area contributed by atoms with Gasteiger partial charge in [0.15, 0.2) is 0 Å². The third-order valence-electron chi connectivity index (χ3n) is 4.93. The van der Waals surface area contributed by atoms with Gasteiger partial charge >= 0.3 is 0 Å². The molecule has 3 rings (SSSR count). The first-order valence-corrected chi connectivity index (χ1v) is 8.13. The number of hydrogen-bond donors (Lipinski definition) is 1. The van der Waals surface area contributed by atoms with Crippen LogP contribution in [0, 0.1) is 5.41 Å². The van der Waals surface area contributed by atoms with E-state index in [0.29, 0.717) is 0 Å². The molecule has 2 aliphatic rings. The highest BCUT2D eigenvalue weighted by Crippen LogP contribution is 2.53. The van der Waals surface area contributed by atoms with Crippen molar-refractivity contribution in [2.24, 2.45) is 5.41 Å². The van der Waals surface area contributed by atoms with Crippen molar-refractivity contribution in [2.75, 3.05) is 7.11 Å². The van der Waals surface area contributed by atoms with E-state index in [9.17, 15) is 5.11 Å². The predicted molar refractivity (Wildman–Crippen MR) is 81.3 cm³/mol. The first-order valence-electron chi connectivity index (χ1n) is 7.34. The summed E-state index contributed by atoms with van der Waals surface area (Å²) in [5.74, 6) is 1.65. The summed E-state index contributed by atoms with van der Waals surface area (Å²) in [6.07, 6.45) is 6.58. The van der Waals surface area contributed by atoms with E-state index in [-0.39, 0.29) is 17.6 Å². The average Bonchev–Trinajstić information content (AvgIpc) is 2.49. The van der Waals surface area contributed by atoms with Crippen molar-refractivity contribution in [1.29, 1.82) is 0 Å². The fourth-order valence-corrected chi connectivity index (χ4v) is 4.07. The molecule has 2 atom stereocenters. The Morgan fingerprint density at radius 1 is 1.25 bits per heavy atom. The number of ether oxygens (including phenoxy) is 2. The number of aliphatic hydroxyl groups excluding tert-OH is 1.